The van der Waals surface area contributed by atoms with E-state index >= 15 is 0 Å². The third-order valence-electron chi connectivity index (χ3n) is 4.87. The molecule has 6 heteroatoms. The molecule has 4 nitrogen and oxygen atoms in total. The smallest absolute Gasteiger partial charge is 0.226 e. The van der Waals surface area contributed by atoms with Crippen molar-refractivity contribution in [2.45, 2.75) is 31.9 Å². The van der Waals surface area contributed by atoms with Crippen LogP contribution in [0.3, 0.4) is 0 Å². The number of carbonyl (C=O) groups is 1. The summed E-state index contributed by atoms with van der Waals surface area (Å²) >= 11 is 0. The molecule has 1 amide bonds. The van der Waals surface area contributed by atoms with Crippen molar-refractivity contribution in [3.63, 3.8) is 0 Å². The van der Waals surface area contributed by atoms with Gasteiger partial charge in [0, 0.05) is 30.0 Å². The minimum atomic E-state index is -0.330. The third-order valence-corrected chi connectivity index (χ3v) is 4.87. The van der Waals surface area contributed by atoms with Crippen molar-refractivity contribution in [3.05, 3.63) is 71.3 Å². The van der Waals surface area contributed by atoms with Crippen LogP contribution < -0.4 is 0 Å². The van der Waals surface area contributed by atoms with Crippen LogP contribution in [0.4, 0.5) is 8.78 Å². The largest absolute Gasteiger partial charge is 0.390 e. The van der Waals surface area contributed by atoms with E-state index in [0.29, 0.717) is 29.8 Å². The summed E-state index contributed by atoms with van der Waals surface area (Å²) in [6, 6.07) is 12.7. The van der Waals surface area contributed by atoms with Gasteiger partial charge in [-0.05, 0) is 31.0 Å². The molecule has 0 spiro atoms. The Morgan fingerprint density at radius 3 is 2.70 bits per heavy atom. The Labute approximate surface area is 156 Å². The van der Waals surface area contributed by atoms with Crippen LogP contribution in [0.2, 0.25) is 0 Å². The molecule has 1 aliphatic carbocycles. The van der Waals surface area contributed by atoms with Gasteiger partial charge in [-0.3, -0.25) is 4.79 Å². The zero-order chi connectivity index (χ0) is 18.8. The summed E-state index contributed by atoms with van der Waals surface area (Å²) in [6.07, 6.45) is 1.92. The predicted molar refractivity (Wildman–Crippen MR) is 97.0 cm³/mol. The fourth-order valence-corrected chi connectivity index (χ4v) is 3.26. The van der Waals surface area contributed by atoms with Crippen molar-refractivity contribution < 1.29 is 18.4 Å². The number of halogens is 2. The zero-order valence-corrected chi connectivity index (χ0v) is 14.8. The highest BCUT2D eigenvalue weighted by Crippen LogP contribution is 2.32. The Morgan fingerprint density at radius 2 is 1.96 bits per heavy atom. The van der Waals surface area contributed by atoms with Crippen LogP contribution in [-0.2, 0) is 16.2 Å². The first kappa shape index (κ1) is 17.6. The van der Waals surface area contributed by atoms with E-state index in [1.807, 2.05) is 0 Å². The number of rotatable bonds is 6. The van der Waals surface area contributed by atoms with E-state index in [4.69, 9.17) is 4.84 Å². The SMILES string of the molecule is O=C(C1CC1)N(Cc1ccccc1F)CC1CC(c2cccc(F)c2)=NO1. The number of nitrogens with zero attached hydrogens (tertiary/aromatic N) is 2. The molecular formula is C21H20F2N2O2. The first-order chi connectivity index (χ1) is 13.1. The number of hydrogen-bond donors (Lipinski definition) is 0. The standard InChI is InChI=1S/C21H20F2N2O2/c22-17-6-3-5-15(10-17)20-11-18(27-24-20)13-25(21(26)14-8-9-14)12-16-4-1-2-7-19(16)23/h1-7,10,14,18H,8-9,11-13H2. The van der Waals surface area contributed by atoms with Gasteiger partial charge in [0.15, 0.2) is 6.10 Å². The molecule has 1 aliphatic heterocycles. The van der Waals surface area contributed by atoms with Gasteiger partial charge in [0.25, 0.3) is 0 Å². The third kappa shape index (κ3) is 4.15. The van der Waals surface area contributed by atoms with E-state index in [9.17, 15) is 13.6 Å². The van der Waals surface area contributed by atoms with Gasteiger partial charge < -0.3 is 9.74 Å². The van der Waals surface area contributed by atoms with Crippen molar-refractivity contribution in [1.29, 1.82) is 0 Å². The maximum Gasteiger partial charge on any atom is 0.226 e. The molecule has 2 aliphatic rings. The van der Waals surface area contributed by atoms with Gasteiger partial charge in [0.2, 0.25) is 5.91 Å². The van der Waals surface area contributed by atoms with Crippen molar-refractivity contribution >= 4 is 11.6 Å². The van der Waals surface area contributed by atoms with E-state index in [-0.39, 0.29) is 36.1 Å². The summed E-state index contributed by atoms with van der Waals surface area (Å²) in [7, 11) is 0. The Bertz CT molecular complexity index is 880. The van der Waals surface area contributed by atoms with Crippen LogP contribution in [0.25, 0.3) is 0 Å². The second kappa shape index (κ2) is 7.47. The van der Waals surface area contributed by atoms with Crippen LogP contribution in [0.15, 0.2) is 53.7 Å². The van der Waals surface area contributed by atoms with E-state index < -0.39 is 0 Å². The molecular weight excluding hydrogens is 350 g/mol. The first-order valence-corrected chi connectivity index (χ1v) is 9.11. The van der Waals surface area contributed by atoms with Crippen molar-refractivity contribution in [2.24, 2.45) is 11.1 Å². The highest BCUT2D eigenvalue weighted by atomic mass is 19.1. The van der Waals surface area contributed by atoms with Gasteiger partial charge >= 0.3 is 0 Å². The molecule has 1 fully saturated rings. The van der Waals surface area contributed by atoms with Gasteiger partial charge in [-0.15, -0.1) is 0 Å². The topological polar surface area (TPSA) is 41.9 Å². The molecule has 1 heterocycles. The van der Waals surface area contributed by atoms with Crippen LogP contribution in [0, 0.1) is 17.6 Å². The number of carbonyl (C=O) groups excluding carboxylic acids is 1. The molecule has 2 aromatic rings. The first-order valence-electron chi connectivity index (χ1n) is 9.11. The van der Waals surface area contributed by atoms with Gasteiger partial charge in [0.05, 0.1) is 12.3 Å². The van der Waals surface area contributed by atoms with E-state index in [1.54, 1.807) is 35.2 Å². The Kier molecular flexibility index (Phi) is 4.88. The average Bonchev–Trinajstić information content (AvgIpc) is 3.41. The Morgan fingerprint density at radius 1 is 1.15 bits per heavy atom. The second-order valence-electron chi connectivity index (χ2n) is 7.06. The van der Waals surface area contributed by atoms with Crippen LogP contribution in [-0.4, -0.2) is 29.2 Å². The van der Waals surface area contributed by atoms with E-state index in [1.165, 1.54) is 18.2 Å². The average molecular weight is 370 g/mol. The molecule has 0 bridgehead atoms. The van der Waals surface area contributed by atoms with Crippen LogP contribution in [0.5, 0.6) is 0 Å². The highest BCUT2D eigenvalue weighted by Gasteiger charge is 2.36. The zero-order valence-electron chi connectivity index (χ0n) is 14.8. The molecule has 27 heavy (non-hydrogen) atoms. The van der Waals surface area contributed by atoms with Gasteiger partial charge in [-0.1, -0.05) is 35.5 Å². The second-order valence-corrected chi connectivity index (χ2v) is 7.06. The molecule has 140 valence electrons. The quantitative estimate of drug-likeness (QED) is 0.774. The molecule has 1 saturated carbocycles. The molecule has 1 atom stereocenters. The van der Waals surface area contributed by atoms with Crippen LogP contribution >= 0.6 is 0 Å². The molecule has 1 unspecified atom stereocenters. The molecule has 4 rings (SSSR count). The lowest BCUT2D eigenvalue weighted by Gasteiger charge is -2.25. The Hall–Kier alpha value is -2.76. The van der Waals surface area contributed by atoms with Crippen molar-refractivity contribution in [2.75, 3.05) is 6.54 Å². The lowest BCUT2D eigenvalue weighted by atomic mass is 10.0. The van der Waals surface area contributed by atoms with Gasteiger partial charge in [-0.25, -0.2) is 8.78 Å². The Balaban J connectivity index is 1.45. The monoisotopic (exact) mass is 370 g/mol. The number of oxime groups is 1. The fraction of sp³-hybridized carbons (Fsp3) is 0.333. The highest BCUT2D eigenvalue weighted by molar-refractivity contribution is 6.01. The maximum absolute atomic E-state index is 14.0. The molecule has 2 aromatic carbocycles. The maximum atomic E-state index is 14.0. The number of hydrogen-bond acceptors (Lipinski definition) is 3. The van der Waals surface area contributed by atoms with Gasteiger partial charge in [-0.2, -0.15) is 0 Å². The summed E-state index contributed by atoms with van der Waals surface area (Å²) in [5.41, 5.74) is 1.81. The molecule has 0 radical (unpaired) electrons. The van der Waals surface area contributed by atoms with Crippen molar-refractivity contribution in [1.82, 2.24) is 4.90 Å². The molecule has 0 aromatic heterocycles. The fourth-order valence-electron chi connectivity index (χ4n) is 3.26. The summed E-state index contributed by atoms with van der Waals surface area (Å²) in [4.78, 5) is 19.8. The predicted octanol–water partition coefficient (Wildman–Crippen LogP) is 3.90. The molecule has 0 N–H and O–H groups in total. The minimum absolute atomic E-state index is 0.0288. The van der Waals surface area contributed by atoms with Gasteiger partial charge in [0.1, 0.15) is 11.6 Å². The van der Waals surface area contributed by atoms with E-state index in [0.717, 1.165) is 12.8 Å². The minimum Gasteiger partial charge on any atom is -0.390 e. The summed E-state index contributed by atoms with van der Waals surface area (Å²) in [5, 5.41) is 4.06. The summed E-state index contributed by atoms with van der Waals surface area (Å²) in [6.45, 7) is 0.531. The molecule has 0 saturated heterocycles. The lowest BCUT2D eigenvalue weighted by Crippen LogP contribution is -2.38. The van der Waals surface area contributed by atoms with Crippen molar-refractivity contribution in [3.8, 4) is 0 Å². The lowest BCUT2D eigenvalue weighted by molar-refractivity contribution is -0.135. The summed E-state index contributed by atoms with van der Waals surface area (Å²) < 4.78 is 27.5. The number of amides is 1. The van der Waals surface area contributed by atoms with E-state index in [2.05, 4.69) is 5.16 Å². The van der Waals surface area contributed by atoms with Crippen LogP contribution in [0.1, 0.15) is 30.4 Å². The summed E-state index contributed by atoms with van der Waals surface area (Å²) in [5.74, 6) is -0.596. The normalized spacial score (nSPS) is 18.7. The number of benzene rings is 2.